The maximum absolute atomic E-state index is 13.0. The molecule has 0 aliphatic heterocycles. The highest BCUT2D eigenvalue weighted by atomic mass is 19.1. The average molecular weight is 284 g/mol. The summed E-state index contributed by atoms with van der Waals surface area (Å²) in [6, 6.07) is 10.6. The van der Waals surface area contributed by atoms with E-state index in [1.807, 2.05) is 24.3 Å². The highest BCUT2D eigenvalue weighted by molar-refractivity contribution is 5.99. The molecule has 0 atom stereocenters. The Morgan fingerprint density at radius 3 is 2.33 bits per heavy atom. The number of fused-ring (bicyclic) bond motifs is 1. The van der Waals surface area contributed by atoms with Crippen LogP contribution in [0.4, 0.5) is 4.39 Å². The predicted molar refractivity (Wildman–Crippen MR) is 78.0 cm³/mol. The number of halogens is 1. The second-order valence-corrected chi connectivity index (χ2v) is 4.42. The van der Waals surface area contributed by atoms with E-state index in [9.17, 15) is 4.39 Å². The molecule has 3 aromatic rings. The van der Waals surface area contributed by atoms with Gasteiger partial charge in [-0.1, -0.05) is 24.3 Å². The van der Waals surface area contributed by atoms with E-state index < -0.39 is 5.95 Å². The summed E-state index contributed by atoms with van der Waals surface area (Å²) >= 11 is 0. The minimum atomic E-state index is -0.525. The molecule has 0 unspecified atom stereocenters. The molecule has 1 aromatic carbocycles. The first-order chi connectivity index (χ1) is 10.2. The Morgan fingerprint density at radius 2 is 1.71 bits per heavy atom. The van der Waals surface area contributed by atoms with Crippen molar-refractivity contribution >= 4 is 10.8 Å². The van der Waals surface area contributed by atoms with E-state index in [1.54, 1.807) is 13.2 Å². The number of benzene rings is 1. The summed E-state index contributed by atoms with van der Waals surface area (Å²) in [5.74, 6) is 0.436. The molecular formula is C16H13FN2O2. The fraction of sp³-hybridized carbons (Fsp3) is 0.125. The van der Waals surface area contributed by atoms with Gasteiger partial charge in [0.05, 0.1) is 19.9 Å². The molecule has 0 fully saturated rings. The molecule has 0 aliphatic rings. The van der Waals surface area contributed by atoms with Crippen LogP contribution in [-0.4, -0.2) is 24.2 Å². The Balaban J connectivity index is 2.34. The molecule has 0 saturated heterocycles. The lowest BCUT2D eigenvalue weighted by Gasteiger charge is -2.13. The van der Waals surface area contributed by atoms with Crippen molar-refractivity contribution in [3.63, 3.8) is 0 Å². The van der Waals surface area contributed by atoms with Gasteiger partial charge in [-0.25, -0.2) is 9.97 Å². The van der Waals surface area contributed by atoms with E-state index in [2.05, 4.69) is 9.97 Å². The van der Waals surface area contributed by atoms with Gasteiger partial charge in [0, 0.05) is 22.5 Å². The first-order valence-electron chi connectivity index (χ1n) is 6.37. The standard InChI is InChI=1S/C16H13FN2O2/c1-20-15-12-6-4-3-5-11(12)14(19-16(15)21-2)10-7-8-13(17)18-9-10/h3-9H,1-2H3. The monoisotopic (exact) mass is 284 g/mol. The molecule has 5 heteroatoms. The van der Waals surface area contributed by atoms with Gasteiger partial charge in [-0.2, -0.15) is 4.39 Å². The minimum Gasteiger partial charge on any atom is -0.491 e. The molecular weight excluding hydrogens is 271 g/mol. The number of rotatable bonds is 3. The van der Waals surface area contributed by atoms with Crippen molar-refractivity contribution in [3.05, 3.63) is 48.5 Å². The van der Waals surface area contributed by atoms with Crippen molar-refractivity contribution in [2.75, 3.05) is 14.2 Å². The van der Waals surface area contributed by atoms with Crippen molar-refractivity contribution in [2.24, 2.45) is 0 Å². The molecule has 0 N–H and O–H groups in total. The average Bonchev–Trinajstić information content (AvgIpc) is 2.54. The molecule has 3 rings (SSSR count). The van der Waals surface area contributed by atoms with Crippen LogP contribution in [-0.2, 0) is 0 Å². The van der Waals surface area contributed by atoms with Crippen molar-refractivity contribution in [3.8, 4) is 22.9 Å². The molecule has 0 aliphatic carbocycles. The lowest BCUT2D eigenvalue weighted by Crippen LogP contribution is -1.98. The summed E-state index contributed by atoms with van der Waals surface area (Å²) < 4.78 is 23.7. The zero-order chi connectivity index (χ0) is 14.8. The summed E-state index contributed by atoms with van der Waals surface area (Å²) in [7, 11) is 3.11. The van der Waals surface area contributed by atoms with E-state index in [0.29, 0.717) is 22.9 Å². The van der Waals surface area contributed by atoms with E-state index in [0.717, 1.165) is 10.8 Å². The highest BCUT2D eigenvalue weighted by Gasteiger charge is 2.16. The van der Waals surface area contributed by atoms with Gasteiger partial charge in [-0.05, 0) is 12.1 Å². The summed E-state index contributed by atoms with van der Waals surface area (Å²) in [5.41, 5.74) is 1.39. The molecule has 21 heavy (non-hydrogen) atoms. The number of hydrogen-bond acceptors (Lipinski definition) is 4. The minimum absolute atomic E-state index is 0.385. The van der Waals surface area contributed by atoms with Crippen molar-refractivity contribution in [1.82, 2.24) is 9.97 Å². The lowest BCUT2D eigenvalue weighted by molar-refractivity contribution is 0.347. The van der Waals surface area contributed by atoms with Gasteiger partial charge < -0.3 is 9.47 Å². The molecule has 4 nitrogen and oxygen atoms in total. The highest BCUT2D eigenvalue weighted by Crippen LogP contribution is 2.38. The summed E-state index contributed by atoms with van der Waals surface area (Å²) in [6.45, 7) is 0. The predicted octanol–water partition coefficient (Wildman–Crippen LogP) is 3.45. The smallest absolute Gasteiger partial charge is 0.257 e. The summed E-state index contributed by atoms with van der Waals surface area (Å²) in [5, 5.41) is 1.77. The van der Waals surface area contributed by atoms with Gasteiger partial charge in [0.15, 0.2) is 5.75 Å². The van der Waals surface area contributed by atoms with E-state index in [4.69, 9.17) is 9.47 Å². The summed E-state index contributed by atoms with van der Waals surface area (Å²) in [6.07, 6.45) is 1.45. The molecule has 0 amide bonds. The number of ether oxygens (including phenoxy) is 2. The largest absolute Gasteiger partial charge is 0.491 e. The number of methoxy groups -OCH3 is 2. The normalized spacial score (nSPS) is 10.6. The number of pyridine rings is 2. The third kappa shape index (κ3) is 2.27. The van der Waals surface area contributed by atoms with Crippen LogP contribution >= 0.6 is 0 Å². The quantitative estimate of drug-likeness (QED) is 0.691. The van der Waals surface area contributed by atoms with Crippen LogP contribution in [0, 0.1) is 5.95 Å². The van der Waals surface area contributed by atoms with Gasteiger partial charge in [0.2, 0.25) is 5.95 Å². The molecule has 106 valence electrons. The first-order valence-corrected chi connectivity index (χ1v) is 6.37. The van der Waals surface area contributed by atoms with Crippen LogP contribution < -0.4 is 9.47 Å². The molecule has 0 radical (unpaired) electrons. The van der Waals surface area contributed by atoms with Gasteiger partial charge >= 0.3 is 0 Å². The summed E-state index contributed by atoms with van der Waals surface area (Å²) in [4.78, 5) is 8.16. The number of nitrogens with zero attached hydrogens (tertiary/aromatic N) is 2. The van der Waals surface area contributed by atoms with Crippen LogP contribution in [0.5, 0.6) is 11.6 Å². The van der Waals surface area contributed by atoms with Gasteiger partial charge in [-0.3, -0.25) is 0 Å². The Labute approximate surface area is 121 Å². The molecule has 0 bridgehead atoms. The second-order valence-electron chi connectivity index (χ2n) is 4.42. The van der Waals surface area contributed by atoms with Crippen LogP contribution in [0.1, 0.15) is 0 Å². The maximum atomic E-state index is 13.0. The fourth-order valence-electron chi connectivity index (χ4n) is 2.29. The molecule has 2 aromatic heterocycles. The molecule has 0 saturated carbocycles. The number of aromatic nitrogens is 2. The van der Waals surface area contributed by atoms with Crippen LogP contribution in [0.25, 0.3) is 22.0 Å². The third-order valence-electron chi connectivity index (χ3n) is 3.23. The van der Waals surface area contributed by atoms with Crippen molar-refractivity contribution in [2.45, 2.75) is 0 Å². The zero-order valence-corrected chi connectivity index (χ0v) is 11.6. The molecule has 2 heterocycles. The Kier molecular flexibility index (Phi) is 3.39. The zero-order valence-electron chi connectivity index (χ0n) is 11.6. The van der Waals surface area contributed by atoms with Crippen LogP contribution in [0.2, 0.25) is 0 Å². The lowest BCUT2D eigenvalue weighted by atomic mass is 10.0. The molecule has 0 spiro atoms. The van der Waals surface area contributed by atoms with Gasteiger partial charge in [0.25, 0.3) is 5.88 Å². The topological polar surface area (TPSA) is 44.2 Å². The SMILES string of the molecule is COc1nc(-c2ccc(F)nc2)c2ccccc2c1OC. The third-order valence-corrected chi connectivity index (χ3v) is 3.23. The van der Waals surface area contributed by atoms with Crippen molar-refractivity contribution in [1.29, 1.82) is 0 Å². The van der Waals surface area contributed by atoms with Crippen LogP contribution in [0.15, 0.2) is 42.6 Å². The fourth-order valence-corrected chi connectivity index (χ4v) is 2.29. The van der Waals surface area contributed by atoms with Crippen molar-refractivity contribution < 1.29 is 13.9 Å². The Morgan fingerprint density at radius 1 is 0.952 bits per heavy atom. The van der Waals surface area contributed by atoms with E-state index in [-0.39, 0.29) is 0 Å². The first kappa shape index (κ1) is 13.3. The Hall–Kier alpha value is -2.69. The van der Waals surface area contributed by atoms with Crippen LogP contribution in [0.3, 0.4) is 0 Å². The van der Waals surface area contributed by atoms with E-state index >= 15 is 0 Å². The van der Waals surface area contributed by atoms with Gasteiger partial charge in [-0.15, -0.1) is 0 Å². The van der Waals surface area contributed by atoms with E-state index in [1.165, 1.54) is 19.4 Å². The maximum Gasteiger partial charge on any atom is 0.257 e. The Bertz CT molecular complexity index is 788. The number of hydrogen-bond donors (Lipinski definition) is 0. The second kappa shape index (κ2) is 5.36. The van der Waals surface area contributed by atoms with Gasteiger partial charge in [0.1, 0.15) is 0 Å².